The lowest BCUT2D eigenvalue weighted by Crippen LogP contribution is -2.60. The molecule has 23 nitrogen and oxygen atoms in total. The monoisotopic (exact) mass is 996 g/mol. The smallest absolute Gasteiger partial charge is 0.243 e. The predicted octanol–water partition coefficient (Wildman–Crippen LogP) is -1.18. The van der Waals surface area contributed by atoms with Gasteiger partial charge in [-0.2, -0.15) is 11.8 Å². The molecule has 2 aromatic heterocycles. The van der Waals surface area contributed by atoms with Gasteiger partial charge < -0.3 is 64.0 Å². The second-order valence-corrected chi connectivity index (χ2v) is 18.8. The first kappa shape index (κ1) is 57.3. The number of fused-ring (bicyclic) bond motifs is 1. The highest BCUT2D eigenvalue weighted by Crippen LogP contribution is 2.20. The molecule has 0 radical (unpaired) electrons. The van der Waals surface area contributed by atoms with Crippen LogP contribution in [0.1, 0.15) is 85.4 Å². The zero-order valence-electron chi connectivity index (χ0n) is 40.9. The number of aromatic amines is 2. The van der Waals surface area contributed by atoms with Crippen molar-refractivity contribution in [2.75, 3.05) is 12.0 Å². The van der Waals surface area contributed by atoms with Gasteiger partial charge in [-0.15, -0.1) is 0 Å². The van der Waals surface area contributed by atoms with Crippen LogP contribution in [-0.2, 0) is 60.8 Å². The normalized spacial score (nSPS) is 14.7. The summed E-state index contributed by atoms with van der Waals surface area (Å²) in [5.41, 5.74) is 12.7. The number of thioether (sulfide) groups is 1. The minimum absolute atomic E-state index is 0.0519. The van der Waals surface area contributed by atoms with Crippen molar-refractivity contribution in [2.45, 2.75) is 135 Å². The number of para-hydroxylation sites is 1. The molecule has 1 aromatic carbocycles. The minimum Gasteiger partial charge on any atom is -0.370 e. The molecule has 0 fully saturated rings. The number of nitrogens with two attached hydrogens (primary N) is 2. The molecule has 0 unspecified atom stereocenters. The quantitative estimate of drug-likeness (QED) is 0.0391. The highest BCUT2D eigenvalue weighted by molar-refractivity contribution is 7.98. The van der Waals surface area contributed by atoms with Crippen LogP contribution in [0.5, 0.6) is 0 Å². The minimum atomic E-state index is -1.29. The number of amides is 10. The van der Waals surface area contributed by atoms with Crippen LogP contribution in [0.2, 0.25) is 0 Å². The van der Waals surface area contributed by atoms with E-state index < -0.39 is 113 Å². The van der Waals surface area contributed by atoms with Crippen LogP contribution in [-0.4, -0.2) is 134 Å². The molecular weight excluding hydrogens is 927 g/mol. The fourth-order valence-corrected chi connectivity index (χ4v) is 7.73. The van der Waals surface area contributed by atoms with Gasteiger partial charge in [0.05, 0.1) is 6.33 Å². The van der Waals surface area contributed by atoms with E-state index >= 15 is 0 Å². The van der Waals surface area contributed by atoms with Gasteiger partial charge in [0.25, 0.3) is 0 Å². The van der Waals surface area contributed by atoms with Gasteiger partial charge >= 0.3 is 0 Å². The number of rotatable bonds is 29. The van der Waals surface area contributed by atoms with Crippen LogP contribution in [0, 0.1) is 11.8 Å². The average molecular weight is 996 g/mol. The number of carbonyl (C=O) groups is 10. The summed E-state index contributed by atoms with van der Waals surface area (Å²) < 4.78 is 0. The van der Waals surface area contributed by atoms with E-state index in [0.717, 1.165) is 10.9 Å². The number of primary amides is 2. The zero-order chi connectivity index (χ0) is 52.2. The molecule has 3 rings (SSSR count). The number of hydrogen-bond acceptors (Lipinski definition) is 12. The highest BCUT2D eigenvalue weighted by atomic mass is 32.2. The van der Waals surface area contributed by atoms with Crippen LogP contribution < -0.4 is 54.0 Å². The Labute approximate surface area is 410 Å². The number of H-pyrrole nitrogens is 2. The summed E-state index contributed by atoms with van der Waals surface area (Å²) in [7, 11) is 0. The number of benzene rings is 1. The summed E-state index contributed by atoms with van der Waals surface area (Å²) in [6.07, 6.45) is 6.33. The summed E-state index contributed by atoms with van der Waals surface area (Å²) in [5, 5.41) is 21.7. The molecule has 0 saturated heterocycles. The first-order valence-electron chi connectivity index (χ1n) is 23.0. The molecule has 2 heterocycles. The lowest BCUT2D eigenvalue weighted by molar-refractivity contribution is -0.136. The summed E-state index contributed by atoms with van der Waals surface area (Å²) >= 11 is 1.47. The molecule has 0 spiro atoms. The van der Waals surface area contributed by atoms with E-state index in [1.165, 1.54) is 45.1 Å². The Morgan fingerprint density at radius 2 is 1.19 bits per heavy atom. The maximum absolute atomic E-state index is 13.9. The maximum atomic E-state index is 13.9. The highest BCUT2D eigenvalue weighted by Gasteiger charge is 2.34. The van der Waals surface area contributed by atoms with E-state index in [2.05, 4.69) is 57.5 Å². The third kappa shape index (κ3) is 18.5. The molecule has 8 atom stereocenters. The van der Waals surface area contributed by atoms with Crippen molar-refractivity contribution < 1.29 is 47.9 Å². The molecule has 3 aromatic rings. The van der Waals surface area contributed by atoms with Crippen LogP contribution in [0.3, 0.4) is 0 Å². The number of nitrogens with one attached hydrogen (secondary N) is 10. The van der Waals surface area contributed by atoms with Crippen molar-refractivity contribution in [1.82, 2.24) is 57.5 Å². The molecule has 0 bridgehead atoms. The van der Waals surface area contributed by atoms with Crippen molar-refractivity contribution in [2.24, 2.45) is 23.3 Å². The van der Waals surface area contributed by atoms with Gasteiger partial charge in [0.1, 0.15) is 48.3 Å². The summed E-state index contributed by atoms with van der Waals surface area (Å²) in [6.45, 7) is 10.9. The molecule has 24 heteroatoms. The topological polar surface area (TPSA) is 363 Å². The number of hydrogen-bond donors (Lipinski definition) is 12. The van der Waals surface area contributed by atoms with E-state index in [4.69, 9.17) is 11.5 Å². The van der Waals surface area contributed by atoms with Gasteiger partial charge in [-0.1, -0.05) is 45.9 Å². The van der Waals surface area contributed by atoms with E-state index in [1.807, 2.05) is 38.3 Å². The summed E-state index contributed by atoms with van der Waals surface area (Å²) in [4.78, 5) is 142. The van der Waals surface area contributed by atoms with Crippen LogP contribution >= 0.6 is 11.8 Å². The molecule has 0 aliphatic rings. The van der Waals surface area contributed by atoms with Crippen molar-refractivity contribution in [3.05, 3.63) is 54.2 Å². The van der Waals surface area contributed by atoms with Crippen molar-refractivity contribution in [1.29, 1.82) is 0 Å². The van der Waals surface area contributed by atoms with E-state index in [1.54, 1.807) is 26.1 Å². The van der Waals surface area contributed by atoms with Crippen LogP contribution in [0.25, 0.3) is 10.9 Å². The first-order chi connectivity index (χ1) is 33.0. The molecular formula is C46H69N13O10S. The first-order valence-corrected chi connectivity index (χ1v) is 24.4. The number of nitrogens with zero attached hydrogens (tertiary/aromatic N) is 1. The molecule has 10 amide bonds. The Hall–Kier alpha value is -6.98. The van der Waals surface area contributed by atoms with Crippen molar-refractivity contribution in [3.63, 3.8) is 0 Å². The van der Waals surface area contributed by atoms with Crippen LogP contribution in [0.15, 0.2) is 43.0 Å². The van der Waals surface area contributed by atoms with Crippen LogP contribution in [0.4, 0.5) is 0 Å². The largest absolute Gasteiger partial charge is 0.370 e. The van der Waals surface area contributed by atoms with Crippen molar-refractivity contribution >= 4 is 81.7 Å². The van der Waals surface area contributed by atoms with E-state index in [0.29, 0.717) is 17.0 Å². The Morgan fingerprint density at radius 1 is 0.629 bits per heavy atom. The van der Waals surface area contributed by atoms with Gasteiger partial charge in [0, 0.05) is 55.2 Å². The van der Waals surface area contributed by atoms with Gasteiger partial charge in [-0.3, -0.25) is 47.9 Å². The lowest BCUT2D eigenvalue weighted by Gasteiger charge is -2.28. The van der Waals surface area contributed by atoms with Gasteiger partial charge in [0.2, 0.25) is 59.1 Å². The van der Waals surface area contributed by atoms with Gasteiger partial charge in [-0.25, -0.2) is 4.98 Å². The fraction of sp³-hybridized carbons (Fsp3) is 0.543. The molecule has 14 N–H and O–H groups in total. The fourth-order valence-electron chi connectivity index (χ4n) is 7.26. The SMILES string of the molecule is CSCC[C@H](NC(=O)[C@H](CC(C)C)NC(=O)[C@H](Cc1cnc[nH]1)NC(=O)[C@H](C)NC(=O)[C@@H](NC(=O)[C@H](C)NC(=O)[C@H](Cc1c[nH]c2ccccc12)NC(=O)[C@H](CCC(N)=O)NC(C)=O)C(C)C)C(N)=O. The number of aromatic nitrogens is 3. The molecule has 0 saturated carbocycles. The third-order valence-electron chi connectivity index (χ3n) is 11.1. The zero-order valence-corrected chi connectivity index (χ0v) is 41.7. The maximum Gasteiger partial charge on any atom is 0.243 e. The second kappa shape index (κ2) is 27.9. The third-order valence-corrected chi connectivity index (χ3v) is 11.7. The Balaban J connectivity index is 1.75. The molecule has 0 aliphatic carbocycles. The van der Waals surface area contributed by atoms with E-state index in [9.17, 15) is 47.9 Å². The Morgan fingerprint density at radius 3 is 1.77 bits per heavy atom. The van der Waals surface area contributed by atoms with Gasteiger partial charge in [0.15, 0.2) is 0 Å². The number of carbonyl (C=O) groups excluding carboxylic acids is 10. The summed E-state index contributed by atoms with van der Waals surface area (Å²) in [5.74, 6) is -7.28. The Kier molecular flexibility index (Phi) is 22.8. The summed E-state index contributed by atoms with van der Waals surface area (Å²) in [6, 6.07) is -2.34. The number of imidazole rings is 1. The predicted molar refractivity (Wildman–Crippen MR) is 262 cm³/mol. The molecule has 384 valence electrons. The molecule has 0 aliphatic heterocycles. The second-order valence-electron chi connectivity index (χ2n) is 17.9. The Bertz CT molecular complexity index is 2300. The van der Waals surface area contributed by atoms with E-state index in [-0.39, 0.29) is 44.4 Å². The average Bonchev–Trinajstić information content (AvgIpc) is 3.96. The lowest BCUT2D eigenvalue weighted by atomic mass is 10.0. The molecule has 70 heavy (non-hydrogen) atoms. The van der Waals surface area contributed by atoms with Gasteiger partial charge in [-0.05, 0) is 68.6 Å². The van der Waals surface area contributed by atoms with Crippen molar-refractivity contribution in [3.8, 4) is 0 Å². The standard InChI is InChI=1S/C46H69N13O10S/c1-23(2)17-34(44(67)55-32(39(48)62)15-16-70-8)57-45(68)36(19-29-21-49-22-51-29)56-40(63)25(5)53-46(69)38(24(3)4)59-41(64)26(6)52-43(66)35(18-28-20-50-31-12-10-9-11-30(28)31)58-42(65)33(54-27(7)60)13-14-37(47)61/h9-12,20-26,32-36,38,50H,13-19H2,1-8H3,(H2,47,61)(H2,48,62)(H,49,51)(H,52,66)(H,53,69)(H,54,60)(H,55,67)(H,56,63)(H,57,68)(H,58,65)(H,59,64)/t25-,26-,32-,33-,34-,35-,36-,38-/m0/s1.